The van der Waals surface area contributed by atoms with Gasteiger partial charge in [-0.05, 0) is 23.5 Å². The molecule has 0 heterocycles. The Kier molecular flexibility index (Phi) is 1.40. The fourth-order valence-electron chi connectivity index (χ4n) is 2.69. The third-order valence-corrected chi connectivity index (χ3v) is 3.33. The van der Waals surface area contributed by atoms with Gasteiger partial charge in [0.25, 0.3) is 0 Å². The lowest BCUT2D eigenvalue weighted by Gasteiger charge is -2.06. The van der Waals surface area contributed by atoms with Crippen molar-refractivity contribution in [1.82, 2.24) is 5.32 Å². The number of fused-ring (bicyclic) bond motifs is 3. The van der Waals surface area contributed by atoms with Gasteiger partial charge in [0.2, 0.25) is 0 Å². The van der Waals surface area contributed by atoms with E-state index in [0.29, 0.717) is 11.8 Å². The third-order valence-electron chi connectivity index (χ3n) is 3.33. The van der Waals surface area contributed by atoms with Gasteiger partial charge in [-0.25, -0.2) is 4.79 Å². The van der Waals surface area contributed by atoms with Crippen molar-refractivity contribution in [2.75, 3.05) is 0 Å². The highest BCUT2D eigenvalue weighted by atomic mass is 16.4. The van der Waals surface area contributed by atoms with E-state index in [4.69, 9.17) is 5.11 Å². The number of carboxylic acid groups (broad SMARTS) is 1. The van der Waals surface area contributed by atoms with E-state index >= 15 is 0 Å². The van der Waals surface area contributed by atoms with Crippen LogP contribution in [0.5, 0.6) is 0 Å². The molecule has 0 saturated heterocycles. The number of amides is 1. The lowest BCUT2D eigenvalue weighted by atomic mass is 10.1. The predicted octanol–water partition coefficient (Wildman–Crippen LogP) is 1.59. The van der Waals surface area contributed by atoms with Crippen LogP contribution >= 0.6 is 0 Å². The number of benzene rings is 1. The molecule has 0 aliphatic heterocycles. The van der Waals surface area contributed by atoms with Crippen LogP contribution in [0.25, 0.3) is 0 Å². The summed E-state index contributed by atoms with van der Waals surface area (Å²) in [5.41, 5.74) is 2.74. The van der Waals surface area contributed by atoms with Gasteiger partial charge >= 0.3 is 6.09 Å². The average molecular weight is 189 g/mol. The molecule has 2 aliphatic carbocycles. The van der Waals surface area contributed by atoms with Crippen molar-refractivity contribution in [2.24, 2.45) is 5.92 Å². The van der Waals surface area contributed by atoms with E-state index in [1.807, 2.05) is 12.1 Å². The number of carbonyl (C=O) groups is 1. The zero-order valence-electron chi connectivity index (χ0n) is 7.60. The fourth-order valence-corrected chi connectivity index (χ4v) is 2.69. The highest BCUT2D eigenvalue weighted by Gasteiger charge is 2.56. The summed E-state index contributed by atoms with van der Waals surface area (Å²) >= 11 is 0. The topological polar surface area (TPSA) is 49.3 Å². The van der Waals surface area contributed by atoms with Gasteiger partial charge in [0.1, 0.15) is 0 Å². The third kappa shape index (κ3) is 0.953. The fraction of sp³-hybridized carbons (Fsp3) is 0.364. The molecule has 2 aliphatic rings. The second-order valence-corrected chi connectivity index (χ2v) is 4.07. The molecule has 2 N–H and O–H groups in total. The van der Waals surface area contributed by atoms with Crippen molar-refractivity contribution < 1.29 is 9.90 Å². The molecular formula is C11H11NO2. The molecule has 1 aromatic rings. The van der Waals surface area contributed by atoms with Crippen molar-refractivity contribution in [3.63, 3.8) is 0 Å². The standard InChI is InChI=1S/C11H11NO2/c13-11(14)12-10-8-5-6-3-1-2-4-7(6)9(8)10/h1-4,8-10,12H,5H2,(H,13,14). The van der Waals surface area contributed by atoms with Crippen LogP contribution in [0, 0.1) is 5.92 Å². The van der Waals surface area contributed by atoms with Crippen LogP contribution < -0.4 is 5.32 Å². The Morgan fingerprint density at radius 3 is 3.00 bits per heavy atom. The first-order chi connectivity index (χ1) is 6.77. The molecule has 3 rings (SSSR count). The molecular weight excluding hydrogens is 178 g/mol. The minimum Gasteiger partial charge on any atom is -0.465 e. The maximum absolute atomic E-state index is 10.5. The van der Waals surface area contributed by atoms with Gasteiger partial charge in [0.15, 0.2) is 0 Å². The van der Waals surface area contributed by atoms with E-state index in [9.17, 15) is 4.79 Å². The van der Waals surface area contributed by atoms with E-state index in [1.54, 1.807) is 0 Å². The van der Waals surface area contributed by atoms with Gasteiger partial charge in [0.05, 0.1) is 0 Å². The molecule has 0 aromatic heterocycles. The summed E-state index contributed by atoms with van der Waals surface area (Å²) < 4.78 is 0. The molecule has 3 unspecified atom stereocenters. The van der Waals surface area contributed by atoms with Gasteiger partial charge in [-0.15, -0.1) is 0 Å². The molecule has 3 heteroatoms. The molecule has 3 nitrogen and oxygen atoms in total. The second kappa shape index (κ2) is 2.50. The summed E-state index contributed by atoms with van der Waals surface area (Å²) in [4.78, 5) is 10.5. The summed E-state index contributed by atoms with van der Waals surface area (Å²) in [6.45, 7) is 0. The lowest BCUT2D eigenvalue weighted by Crippen LogP contribution is -2.26. The van der Waals surface area contributed by atoms with Crippen molar-refractivity contribution in [3.05, 3.63) is 35.4 Å². The average Bonchev–Trinajstić information content (AvgIpc) is 2.68. The Balaban J connectivity index is 1.84. The van der Waals surface area contributed by atoms with Crippen LogP contribution in [-0.2, 0) is 6.42 Å². The van der Waals surface area contributed by atoms with E-state index in [0.717, 1.165) is 6.42 Å². The number of nitrogens with one attached hydrogen (secondary N) is 1. The Hall–Kier alpha value is -1.51. The Morgan fingerprint density at radius 1 is 1.43 bits per heavy atom. The van der Waals surface area contributed by atoms with Crippen LogP contribution in [0.4, 0.5) is 4.79 Å². The summed E-state index contributed by atoms with van der Waals surface area (Å²) in [6, 6.07) is 8.49. The molecule has 14 heavy (non-hydrogen) atoms. The Morgan fingerprint density at radius 2 is 2.21 bits per heavy atom. The highest BCUT2D eigenvalue weighted by Crippen LogP contribution is 2.56. The van der Waals surface area contributed by atoms with E-state index < -0.39 is 6.09 Å². The summed E-state index contributed by atoms with van der Waals surface area (Å²) in [7, 11) is 0. The Labute approximate surface area is 81.8 Å². The minimum absolute atomic E-state index is 0.169. The zero-order valence-corrected chi connectivity index (χ0v) is 7.60. The predicted molar refractivity (Wildman–Crippen MR) is 51.3 cm³/mol. The van der Waals surface area contributed by atoms with Crippen LogP contribution in [-0.4, -0.2) is 17.2 Å². The zero-order chi connectivity index (χ0) is 9.71. The molecule has 1 saturated carbocycles. The molecule has 0 spiro atoms. The largest absolute Gasteiger partial charge is 0.465 e. The first-order valence-electron chi connectivity index (χ1n) is 4.84. The molecule has 72 valence electrons. The SMILES string of the molecule is O=C(O)NC1C2Cc3ccccc3C21. The smallest absolute Gasteiger partial charge is 0.404 e. The molecule has 1 aromatic carbocycles. The van der Waals surface area contributed by atoms with Crippen LogP contribution in [0.1, 0.15) is 17.0 Å². The van der Waals surface area contributed by atoms with Crippen LogP contribution in [0.2, 0.25) is 0 Å². The maximum Gasteiger partial charge on any atom is 0.404 e. The van der Waals surface area contributed by atoms with E-state index in [2.05, 4.69) is 17.4 Å². The van der Waals surface area contributed by atoms with Gasteiger partial charge in [-0.2, -0.15) is 0 Å². The van der Waals surface area contributed by atoms with Gasteiger partial charge in [-0.3, -0.25) is 0 Å². The maximum atomic E-state index is 10.5. The molecule has 3 atom stereocenters. The number of hydrogen-bond donors (Lipinski definition) is 2. The Bertz CT molecular complexity index is 402. The van der Waals surface area contributed by atoms with Gasteiger partial charge in [-0.1, -0.05) is 24.3 Å². The number of hydrogen-bond acceptors (Lipinski definition) is 1. The van der Waals surface area contributed by atoms with Gasteiger partial charge < -0.3 is 10.4 Å². The van der Waals surface area contributed by atoms with E-state index in [1.165, 1.54) is 11.1 Å². The van der Waals surface area contributed by atoms with Gasteiger partial charge in [0, 0.05) is 12.0 Å². The first-order valence-corrected chi connectivity index (χ1v) is 4.84. The summed E-state index contributed by atoms with van der Waals surface area (Å²) in [5.74, 6) is 0.964. The van der Waals surface area contributed by atoms with Crippen LogP contribution in [0.15, 0.2) is 24.3 Å². The van der Waals surface area contributed by atoms with Crippen molar-refractivity contribution in [3.8, 4) is 0 Å². The summed E-state index contributed by atoms with van der Waals surface area (Å²) in [5, 5.41) is 11.2. The molecule has 0 radical (unpaired) electrons. The quantitative estimate of drug-likeness (QED) is 0.704. The molecule has 0 bridgehead atoms. The molecule has 1 amide bonds. The first kappa shape index (κ1) is 7.85. The lowest BCUT2D eigenvalue weighted by molar-refractivity contribution is 0.193. The number of rotatable bonds is 1. The highest BCUT2D eigenvalue weighted by molar-refractivity contribution is 5.66. The van der Waals surface area contributed by atoms with Crippen molar-refractivity contribution in [1.29, 1.82) is 0 Å². The van der Waals surface area contributed by atoms with E-state index in [-0.39, 0.29) is 6.04 Å². The summed E-state index contributed by atoms with van der Waals surface area (Å²) in [6.07, 6.45) is 0.132. The molecule has 1 fully saturated rings. The monoisotopic (exact) mass is 189 g/mol. The van der Waals surface area contributed by atoms with Crippen LogP contribution in [0.3, 0.4) is 0 Å². The second-order valence-electron chi connectivity index (χ2n) is 4.07. The normalized spacial score (nSPS) is 31.9. The van der Waals surface area contributed by atoms with Crippen molar-refractivity contribution in [2.45, 2.75) is 18.4 Å². The van der Waals surface area contributed by atoms with Crippen molar-refractivity contribution >= 4 is 6.09 Å². The minimum atomic E-state index is -0.901.